The summed E-state index contributed by atoms with van der Waals surface area (Å²) >= 11 is 11.9. The Morgan fingerprint density at radius 2 is 1.83 bits per heavy atom. The first kappa shape index (κ1) is 17.0. The van der Waals surface area contributed by atoms with Gasteiger partial charge in [-0.2, -0.15) is 0 Å². The molecule has 1 aromatic heterocycles. The average molecular weight is 365 g/mol. The van der Waals surface area contributed by atoms with E-state index < -0.39 is 0 Å². The number of carbonyl (C=O) groups is 1. The lowest BCUT2D eigenvalue weighted by atomic mass is 9.95. The fourth-order valence-electron chi connectivity index (χ4n) is 2.74. The second kappa shape index (κ2) is 7.81. The van der Waals surface area contributed by atoms with Gasteiger partial charge >= 0.3 is 0 Å². The molecule has 7 heteroatoms. The summed E-state index contributed by atoms with van der Waals surface area (Å²) in [5.74, 6) is 0.359. The van der Waals surface area contributed by atoms with Gasteiger partial charge in [0.05, 0.1) is 22.4 Å². The predicted molar refractivity (Wildman–Crippen MR) is 96.1 cm³/mol. The number of hydrogen-bond acceptors (Lipinski definition) is 4. The van der Waals surface area contributed by atoms with E-state index in [0.29, 0.717) is 21.6 Å². The first-order valence-corrected chi connectivity index (χ1v) is 8.72. The SMILES string of the molecule is O=C(NC1CCCCC1)c1cnc(Nc2ccc(Cl)c(Cl)c2)cn1. The normalized spacial score (nSPS) is 15.1. The van der Waals surface area contributed by atoms with Gasteiger partial charge in [0.1, 0.15) is 11.5 Å². The molecule has 1 aliphatic carbocycles. The Morgan fingerprint density at radius 3 is 2.50 bits per heavy atom. The molecule has 1 fully saturated rings. The van der Waals surface area contributed by atoms with Crippen molar-refractivity contribution in [1.82, 2.24) is 15.3 Å². The summed E-state index contributed by atoms with van der Waals surface area (Å²) in [5.41, 5.74) is 1.07. The second-order valence-electron chi connectivity index (χ2n) is 5.85. The van der Waals surface area contributed by atoms with Gasteiger partial charge in [0.25, 0.3) is 5.91 Å². The Kier molecular flexibility index (Phi) is 5.53. The molecule has 1 amide bonds. The topological polar surface area (TPSA) is 66.9 Å². The van der Waals surface area contributed by atoms with Crippen molar-refractivity contribution in [2.45, 2.75) is 38.1 Å². The summed E-state index contributed by atoms with van der Waals surface area (Å²) in [5, 5.41) is 7.04. The maximum Gasteiger partial charge on any atom is 0.271 e. The number of carbonyl (C=O) groups excluding carboxylic acids is 1. The number of halogens is 2. The van der Waals surface area contributed by atoms with Crippen LogP contribution in [0.4, 0.5) is 11.5 Å². The van der Waals surface area contributed by atoms with E-state index in [-0.39, 0.29) is 11.9 Å². The van der Waals surface area contributed by atoms with Crippen LogP contribution in [-0.2, 0) is 0 Å². The zero-order chi connectivity index (χ0) is 16.9. The molecule has 0 bridgehead atoms. The van der Waals surface area contributed by atoms with Crippen molar-refractivity contribution in [3.05, 3.63) is 46.3 Å². The quantitative estimate of drug-likeness (QED) is 0.832. The summed E-state index contributed by atoms with van der Waals surface area (Å²) < 4.78 is 0. The molecule has 0 unspecified atom stereocenters. The molecule has 1 heterocycles. The highest BCUT2D eigenvalue weighted by Gasteiger charge is 2.17. The number of benzene rings is 1. The zero-order valence-corrected chi connectivity index (χ0v) is 14.6. The largest absolute Gasteiger partial charge is 0.348 e. The van der Waals surface area contributed by atoms with E-state index in [1.807, 2.05) is 0 Å². The minimum absolute atomic E-state index is 0.171. The monoisotopic (exact) mass is 364 g/mol. The minimum Gasteiger partial charge on any atom is -0.348 e. The van der Waals surface area contributed by atoms with Crippen molar-refractivity contribution in [2.75, 3.05) is 5.32 Å². The molecule has 0 atom stereocenters. The van der Waals surface area contributed by atoms with Crippen LogP contribution >= 0.6 is 23.2 Å². The van der Waals surface area contributed by atoms with E-state index >= 15 is 0 Å². The summed E-state index contributed by atoms with van der Waals surface area (Å²) in [4.78, 5) is 20.6. The maximum atomic E-state index is 12.2. The van der Waals surface area contributed by atoms with E-state index in [4.69, 9.17) is 23.2 Å². The Balaban J connectivity index is 1.61. The average Bonchev–Trinajstić information content (AvgIpc) is 2.60. The summed E-state index contributed by atoms with van der Waals surface area (Å²) in [6.07, 6.45) is 8.66. The van der Waals surface area contributed by atoms with Crippen molar-refractivity contribution >= 4 is 40.6 Å². The number of hydrogen-bond donors (Lipinski definition) is 2. The van der Waals surface area contributed by atoms with E-state index in [1.54, 1.807) is 18.2 Å². The zero-order valence-electron chi connectivity index (χ0n) is 13.1. The van der Waals surface area contributed by atoms with Crippen LogP contribution in [0.3, 0.4) is 0 Å². The summed E-state index contributed by atoms with van der Waals surface area (Å²) in [7, 11) is 0. The van der Waals surface area contributed by atoms with Gasteiger partial charge < -0.3 is 10.6 Å². The molecule has 0 saturated heterocycles. The van der Waals surface area contributed by atoms with Crippen molar-refractivity contribution in [3.8, 4) is 0 Å². The van der Waals surface area contributed by atoms with Crippen molar-refractivity contribution in [1.29, 1.82) is 0 Å². The Bertz CT molecular complexity index is 715. The molecular weight excluding hydrogens is 347 g/mol. The lowest BCUT2D eigenvalue weighted by Crippen LogP contribution is -2.36. The van der Waals surface area contributed by atoms with Crippen LogP contribution in [0.15, 0.2) is 30.6 Å². The molecule has 0 aliphatic heterocycles. The maximum absolute atomic E-state index is 12.2. The lowest BCUT2D eigenvalue weighted by Gasteiger charge is -2.22. The Labute approximate surface area is 150 Å². The minimum atomic E-state index is -0.171. The van der Waals surface area contributed by atoms with Gasteiger partial charge in [0.15, 0.2) is 0 Å². The molecule has 126 valence electrons. The molecule has 1 aliphatic rings. The van der Waals surface area contributed by atoms with Crippen LogP contribution in [0.25, 0.3) is 0 Å². The molecule has 3 rings (SSSR count). The third-order valence-corrected chi connectivity index (χ3v) is 4.76. The molecule has 1 aromatic carbocycles. The van der Waals surface area contributed by atoms with Crippen LogP contribution in [0.5, 0.6) is 0 Å². The summed E-state index contributed by atoms with van der Waals surface area (Å²) in [6, 6.07) is 5.45. The number of amides is 1. The Hall–Kier alpha value is -1.85. The van der Waals surface area contributed by atoms with Crippen molar-refractivity contribution in [3.63, 3.8) is 0 Å². The molecule has 5 nitrogen and oxygen atoms in total. The van der Waals surface area contributed by atoms with Gasteiger partial charge in [0.2, 0.25) is 0 Å². The predicted octanol–water partition coefficient (Wildman–Crippen LogP) is 4.59. The second-order valence-corrected chi connectivity index (χ2v) is 6.66. The first-order chi connectivity index (χ1) is 11.6. The van der Waals surface area contributed by atoms with Gasteiger partial charge in [-0.25, -0.2) is 9.97 Å². The molecule has 0 spiro atoms. The molecule has 2 aromatic rings. The smallest absolute Gasteiger partial charge is 0.271 e. The van der Waals surface area contributed by atoms with Gasteiger partial charge in [-0.3, -0.25) is 4.79 Å². The number of aromatic nitrogens is 2. The third kappa shape index (κ3) is 4.36. The lowest BCUT2D eigenvalue weighted by molar-refractivity contribution is 0.0922. The van der Waals surface area contributed by atoms with Crippen molar-refractivity contribution < 1.29 is 4.79 Å². The van der Waals surface area contributed by atoms with E-state index in [0.717, 1.165) is 18.5 Å². The van der Waals surface area contributed by atoms with E-state index in [1.165, 1.54) is 31.7 Å². The van der Waals surface area contributed by atoms with E-state index in [2.05, 4.69) is 20.6 Å². The summed E-state index contributed by atoms with van der Waals surface area (Å²) in [6.45, 7) is 0. The molecule has 2 N–H and O–H groups in total. The van der Waals surface area contributed by atoms with Gasteiger partial charge in [-0.15, -0.1) is 0 Å². The van der Waals surface area contributed by atoms with E-state index in [9.17, 15) is 4.79 Å². The van der Waals surface area contributed by atoms with Crippen LogP contribution in [0, 0.1) is 0 Å². The highest BCUT2D eigenvalue weighted by atomic mass is 35.5. The van der Waals surface area contributed by atoms with Gasteiger partial charge in [0, 0.05) is 11.7 Å². The molecular formula is C17H18Cl2N4O. The van der Waals surface area contributed by atoms with Crippen LogP contribution < -0.4 is 10.6 Å². The third-order valence-electron chi connectivity index (χ3n) is 4.02. The Morgan fingerprint density at radius 1 is 1.04 bits per heavy atom. The van der Waals surface area contributed by atoms with Crippen LogP contribution in [0.2, 0.25) is 10.0 Å². The van der Waals surface area contributed by atoms with Gasteiger partial charge in [-0.05, 0) is 31.0 Å². The fourth-order valence-corrected chi connectivity index (χ4v) is 3.04. The highest BCUT2D eigenvalue weighted by Crippen LogP contribution is 2.26. The number of rotatable bonds is 4. The standard InChI is InChI=1S/C17H18Cl2N4O/c18-13-7-6-12(8-14(13)19)22-16-10-20-15(9-21-16)17(24)23-11-4-2-1-3-5-11/h6-11H,1-5H2,(H,21,22)(H,23,24). The molecule has 0 radical (unpaired) electrons. The number of nitrogens with one attached hydrogen (secondary N) is 2. The first-order valence-electron chi connectivity index (χ1n) is 7.97. The van der Waals surface area contributed by atoms with Crippen molar-refractivity contribution in [2.24, 2.45) is 0 Å². The van der Waals surface area contributed by atoms with Crippen LogP contribution in [-0.4, -0.2) is 21.9 Å². The molecule has 1 saturated carbocycles. The van der Waals surface area contributed by atoms with Gasteiger partial charge in [-0.1, -0.05) is 42.5 Å². The number of anilines is 2. The fraction of sp³-hybridized carbons (Fsp3) is 0.353. The highest BCUT2D eigenvalue weighted by molar-refractivity contribution is 6.42. The van der Waals surface area contributed by atoms with Crippen LogP contribution in [0.1, 0.15) is 42.6 Å². The number of nitrogens with zero attached hydrogens (tertiary/aromatic N) is 2. The molecule has 24 heavy (non-hydrogen) atoms.